The molecule has 9 heteroatoms. The lowest BCUT2D eigenvalue weighted by Crippen LogP contribution is -2.44. The van der Waals surface area contributed by atoms with Gasteiger partial charge < -0.3 is 10.1 Å². The molecule has 0 radical (unpaired) electrons. The molecule has 0 bridgehead atoms. The Morgan fingerprint density at radius 2 is 2.44 bits per heavy atom. The number of ether oxygens (including phenoxy) is 1. The van der Waals surface area contributed by atoms with Crippen LogP contribution in [-0.2, 0) is 4.74 Å². The first kappa shape index (κ1) is 17.7. The zero-order chi connectivity index (χ0) is 17.8. The van der Waals surface area contributed by atoms with E-state index in [0.717, 1.165) is 19.7 Å². The molecule has 8 nitrogen and oxygen atoms in total. The van der Waals surface area contributed by atoms with Gasteiger partial charge >= 0.3 is 5.69 Å². The van der Waals surface area contributed by atoms with Crippen molar-refractivity contribution in [1.29, 1.82) is 0 Å². The number of thiophene rings is 1. The lowest BCUT2D eigenvalue weighted by molar-refractivity contribution is -0.386. The fourth-order valence-corrected chi connectivity index (χ4v) is 3.79. The fraction of sp³-hybridized carbons (Fsp3) is 0.500. The summed E-state index contributed by atoms with van der Waals surface area (Å²) < 4.78 is 5.64. The predicted octanol–water partition coefficient (Wildman–Crippen LogP) is 2.63. The van der Waals surface area contributed by atoms with E-state index >= 15 is 0 Å². The number of anilines is 1. The van der Waals surface area contributed by atoms with Gasteiger partial charge in [-0.3, -0.25) is 15.0 Å². The van der Waals surface area contributed by atoms with E-state index < -0.39 is 4.92 Å². The molecule has 0 aliphatic carbocycles. The summed E-state index contributed by atoms with van der Waals surface area (Å²) >= 11 is 1.72. The number of nitrogens with one attached hydrogen (secondary N) is 1. The molecule has 2 aromatic rings. The minimum Gasteiger partial charge on any atom is -0.376 e. The first-order valence-corrected chi connectivity index (χ1v) is 9.03. The van der Waals surface area contributed by atoms with Crippen molar-refractivity contribution in [3.8, 4) is 0 Å². The van der Waals surface area contributed by atoms with Crippen LogP contribution in [0, 0.1) is 17.0 Å². The predicted molar refractivity (Wildman–Crippen MR) is 96.0 cm³/mol. The smallest absolute Gasteiger partial charge is 0.308 e. The van der Waals surface area contributed by atoms with Crippen molar-refractivity contribution in [1.82, 2.24) is 14.9 Å². The molecule has 0 spiro atoms. The lowest BCUT2D eigenvalue weighted by Gasteiger charge is -2.37. The van der Waals surface area contributed by atoms with E-state index in [1.807, 2.05) is 6.07 Å². The Hall–Kier alpha value is -2.10. The fourth-order valence-electron chi connectivity index (χ4n) is 2.93. The molecule has 1 aliphatic heterocycles. The second kappa shape index (κ2) is 7.85. The molecule has 0 saturated carbocycles. The minimum atomic E-state index is -0.470. The van der Waals surface area contributed by atoms with Crippen molar-refractivity contribution >= 4 is 23.0 Å². The molecule has 1 saturated heterocycles. The zero-order valence-corrected chi connectivity index (χ0v) is 15.0. The van der Waals surface area contributed by atoms with Crippen molar-refractivity contribution in [2.45, 2.75) is 26.0 Å². The summed E-state index contributed by atoms with van der Waals surface area (Å²) in [6.07, 6.45) is 1.45. The highest BCUT2D eigenvalue weighted by Crippen LogP contribution is 2.27. The summed E-state index contributed by atoms with van der Waals surface area (Å²) in [6, 6.07) is 4.35. The summed E-state index contributed by atoms with van der Waals surface area (Å²) in [7, 11) is 0. The summed E-state index contributed by atoms with van der Waals surface area (Å²) in [5.41, 5.74) is 0.289. The summed E-state index contributed by atoms with van der Waals surface area (Å²) in [4.78, 5) is 22.3. The minimum absolute atomic E-state index is 0.0673. The van der Waals surface area contributed by atoms with Crippen LogP contribution in [0.5, 0.6) is 0 Å². The first-order chi connectivity index (χ1) is 12.0. The quantitative estimate of drug-likeness (QED) is 0.623. The van der Waals surface area contributed by atoms with Gasteiger partial charge in [0, 0.05) is 24.5 Å². The molecule has 1 fully saturated rings. The number of morpholine rings is 1. The van der Waals surface area contributed by atoms with Crippen LogP contribution < -0.4 is 5.32 Å². The van der Waals surface area contributed by atoms with Gasteiger partial charge in [-0.1, -0.05) is 6.07 Å². The summed E-state index contributed by atoms with van der Waals surface area (Å²) in [6.45, 7) is 6.78. The van der Waals surface area contributed by atoms with Crippen LogP contribution in [-0.4, -0.2) is 52.1 Å². The Bertz CT molecular complexity index is 725. The highest BCUT2D eigenvalue weighted by molar-refractivity contribution is 7.10. The van der Waals surface area contributed by atoms with Gasteiger partial charge in [0.2, 0.25) is 5.95 Å². The maximum Gasteiger partial charge on any atom is 0.308 e. The van der Waals surface area contributed by atoms with Crippen LogP contribution >= 0.6 is 11.3 Å². The Morgan fingerprint density at radius 1 is 1.60 bits per heavy atom. The number of nitro groups is 1. The Labute approximate surface area is 150 Å². The second-order valence-electron chi connectivity index (χ2n) is 6.01. The largest absolute Gasteiger partial charge is 0.376 e. The van der Waals surface area contributed by atoms with Gasteiger partial charge in [-0.05, 0) is 25.3 Å². The number of hydrogen-bond donors (Lipinski definition) is 1. The molecule has 25 heavy (non-hydrogen) atoms. The van der Waals surface area contributed by atoms with Crippen molar-refractivity contribution < 1.29 is 9.66 Å². The van der Waals surface area contributed by atoms with Gasteiger partial charge in [-0.2, -0.15) is 0 Å². The molecule has 2 atom stereocenters. The topological polar surface area (TPSA) is 93.4 Å². The van der Waals surface area contributed by atoms with Crippen LogP contribution in [0.1, 0.15) is 23.5 Å². The molecule has 2 unspecified atom stereocenters. The summed E-state index contributed by atoms with van der Waals surface area (Å²) in [5, 5.41) is 16.2. The van der Waals surface area contributed by atoms with Crippen LogP contribution in [0.25, 0.3) is 0 Å². The van der Waals surface area contributed by atoms with Gasteiger partial charge in [0.15, 0.2) is 0 Å². The van der Waals surface area contributed by atoms with E-state index in [1.165, 1.54) is 11.1 Å². The van der Waals surface area contributed by atoms with Crippen molar-refractivity contribution in [3.63, 3.8) is 0 Å². The number of aromatic nitrogens is 2. The third kappa shape index (κ3) is 4.30. The van der Waals surface area contributed by atoms with Crippen LogP contribution in [0.3, 0.4) is 0 Å². The Kier molecular flexibility index (Phi) is 5.57. The van der Waals surface area contributed by atoms with Gasteiger partial charge in [0.25, 0.3) is 0 Å². The molecule has 0 amide bonds. The van der Waals surface area contributed by atoms with Crippen LogP contribution in [0.2, 0.25) is 0 Å². The molecule has 1 N–H and O–H groups in total. The first-order valence-electron chi connectivity index (χ1n) is 8.15. The van der Waals surface area contributed by atoms with E-state index in [-0.39, 0.29) is 17.8 Å². The van der Waals surface area contributed by atoms with Gasteiger partial charge in [-0.25, -0.2) is 9.97 Å². The van der Waals surface area contributed by atoms with Crippen molar-refractivity contribution in [2.24, 2.45) is 0 Å². The molecular formula is C16H21N5O3S. The van der Waals surface area contributed by atoms with Gasteiger partial charge in [0.05, 0.1) is 23.7 Å². The van der Waals surface area contributed by atoms with Crippen LogP contribution in [0.4, 0.5) is 11.6 Å². The maximum atomic E-state index is 10.9. The van der Waals surface area contributed by atoms with E-state index in [4.69, 9.17) is 4.74 Å². The average Bonchev–Trinajstić information content (AvgIpc) is 3.09. The van der Waals surface area contributed by atoms with Crippen molar-refractivity contribution in [3.05, 3.63) is 44.4 Å². The Morgan fingerprint density at radius 3 is 3.08 bits per heavy atom. The lowest BCUT2D eigenvalue weighted by atomic mass is 10.1. The standard InChI is InChI=1S/C16H21N5O3S/c1-11-10-20(5-6-24-11)14(15-4-3-7-25-15)9-18-16-17-8-13(21(22)23)12(2)19-16/h3-4,7-8,11,14H,5-6,9-10H2,1-2H3,(H,17,18,19). The van der Waals surface area contributed by atoms with E-state index in [1.54, 1.807) is 18.3 Å². The highest BCUT2D eigenvalue weighted by atomic mass is 32.1. The molecule has 2 aromatic heterocycles. The third-order valence-electron chi connectivity index (χ3n) is 4.19. The molecule has 3 rings (SSSR count). The maximum absolute atomic E-state index is 10.9. The van der Waals surface area contributed by atoms with Crippen LogP contribution in [0.15, 0.2) is 23.7 Å². The number of rotatable bonds is 6. The summed E-state index contributed by atoms with van der Waals surface area (Å²) in [5.74, 6) is 0.408. The van der Waals surface area contributed by atoms with Gasteiger partial charge in [0.1, 0.15) is 11.9 Å². The molecule has 134 valence electrons. The molecule has 3 heterocycles. The number of nitrogens with zero attached hydrogens (tertiary/aromatic N) is 4. The molecular weight excluding hydrogens is 342 g/mol. The van der Waals surface area contributed by atoms with Crippen molar-refractivity contribution in [2.75, 3.05) is 31.6 Å². The molecule has 0 aromatic carbocycles. The van der Waals surface area contributed by atoms with E-state index in [2.05, 4.69) is 38.6 Å². The Balaban J connectivity index is 1.73. The van der Waals surface area contributed by atoms with E-state index in [9.17, 15) is 10.1 Å². The average molecular weight is 363 g/mol. The molecule has 1 aliphatic rings. The highest BCUT2D eigenvalue weighted by Gasteiger charge is 2.26. The second-order valence-corrected chi connectivity index (χ2v) is 6.99. The monoisotopic (exact) mass is 363 g/mol. The van der Waals surface area contributed by atoms with Gasteiger partial charge in [-0.15, -0.1) is 11.3 Å². The zero-order valence-electron chi connectivity index (χ0n) is 14.2. The number of hydrogen-bond acceptors (Lipinski definition) is 8. The normalized spacial score (nSPS) is 19.5. The SMILES string of the molecule is Cc1nc(NCC(c2cccs2)N2CCOC(C)C2)ncc1[N+](=O)[O-]. The number of aryl methyl sites for hydroxylation is 1. The third-order valence-corrected chi connectivity index (χ3v) is 5.16. The van der Waals surface area contributed by atoms with E-state index in [0.29, 0.717) is 18.2 Å².